The average Bonchev–Trinajstić information content (AvgIpc) is 3.26. The van der Waals surface area contributed by atoms with Gasteiger partial charge < -0.3 is 9.47 Å². The van der Waals surface area contributed by atoms with Crippen molar-refractivity contribution in [2.45, 2.75) is 45.1 Å². The number of halogens is 2. The zero-order valence-corrected chi connectivity index (χ0v) is 17.7. The molecule has 0 radical (unpaired) electrons. The molecule has 1 fully saturated rings. The summed E-state index contributed by atoms with van der Waals surface area (Å²) in [6.07, 6.45) is 1.56. The molecule has 3 heterocycles. The zero-order chi connectivity index (χ0) is 20.8. The van der Waals surface area contributed by atoms with Crippen LogP contribution in [0.3, 0.4) is 0 Å². The Morgan fingerprint density at radius 3 is 2.62 bits per heavy atom. The number of fused-ring (bicyclic) bond motifs is 1. The molecule has 2 aromatic heterocycles. The fourth-order valence-corrected chi connectivity index (χ4v) is 4.26. The van der Waals surface area contributed by atoms with Crippen molar-refractivity contribution in [2.24, 2.45) is 5.92 Å². The van der Waals surface area contributed by atoms with E-state index in [1.807, 2.05) is 26.8 Å². The Morgan fingerprint density at radius 2 is 1.93 bits per heavy atom. The number of aromatic nitrogens is 4. The van der Waals surface area contributed by atoms with Crippen molar-refractivity contribution in [2.75, 3.05) is 0 Å². The maximum absolute atomic E-state index is 12.9. The van der Waals surface area contributed by atoms with E-state index in [0.717, 1.165) is 6.42 Å². The van der Waals surface area contributed by atoms with Gasteiger partial charge in [0.05, 0.1) is 18.0 Å². The van der Waals surface area contributed by atoms with Gasteiger partial charge in [-0.15, -0.1) is 10.2 Å². The topological polar surface area (TPSA) is 79.1 Å². The molecule has 9 heteroatoms. The molecule has 152 valence electrons. The van der Waals surface area contributed by atoms with Crippen molar-refractivity contribution < 1.29 is 14.3 Å². The van der Waals surface area contributed by atoms with Crippen LogP contribution in [0.1, 0.15) is 43.8 Å². The number of carbonyl (C=O) groups is 1. The molecule has 4 rings (SSSR count). The minimum Gasteiger partial charge on any atom is -0.451 e. The van der Waals surface area contributed by atoms with Gasteiger partial charge in [0.25, 0.3) is 0 Å². The van der Waals surface area contributed by atoms with Gasteiger partial charge in [-0.05, 0) is 25.5 Å². The number of ether oxygens (including phenoxy) is 2. The Morgan fingerprint density at radius 1 is 1.24 bits per heavy atom. The van der Waals surface area contributed by atoms with Crippen LogP contribution in [0, 0.1) is 5.92 Å². The van der Waals surface area contributed by atoms with E-state index in [4.69, 9.17) is 32.7 Å². The number of rotatable bonds is 4. The summed E-state index contributed by atoms with van der Waals surface area (Å²) in [5.41, 5.74) is 0.407. The lowest BCUT2D eigenvalue weighted by Crippen LogP contribution is -2.42. The Balaban J connectivity index is 1.79. The van der Waals surface area contributed by atoms with Crippen LogP contribution in [0.15, 0.2) is 36.7 Å². The van der Waals surface area contributed by atoms with Crippen LogP contribution < -0.4 is 0 Å². The van der Waals surface area contributed by atoms with E-state index >= 15 is 0 Å². The largest absolute Gasteiger partial charge is 0.451 e. The molecular formula is C20H20Cl2N4O3. The van der Waals surface area contributed by atoms with Crippen LogP contribution >= 0.6 is 23.2 Å². The van der Waals surface area contributed by atoms with E-state index in [1.165, 1.54) is 0 Å². The third-order valence-electron chi connectivity index (χ3n) is 5.64. The van der Waals surface area contributed by atoms with Gasteiger partial charge in [0, 0.05) is 5.92 Å². The van der Waals surface area contributed by atoms with Crippen molar-refractivity contribution in [1.29, 1.82) is 0 Å². The molecule has 4 atom stereocenters. The Kier molecular flexibility index (Phi) is 5.23. The minimum absolute atomic E-state index is 0.0772. The Hall–Kier alpha value is -2.22. The molecule has 0 spiro atoms. The molecular weight excluding hydrogens is 415 g/mol. The molecule has 7 nitrogen and oxygen atoms in total. The van der Waals surface area contributed by atoms with E-state index in [9.17, 15) is 4.79 Å². The number of nitrogens with zero attached hydrogens (tertiary/aromatic N) is 4. The van der Waals surface area contributed by atoms with Crippen molar-refractivity contribution in [3.8, 4) is 0 Å². The first-order chi connectivity index (χ1) is 13.9. The fourth-order valence-electron chi connectivity index (χ4n) is 3.86. The fraction of sp³-hybridized carbons (Fsp3) is 0.400. The third kappa shape index (κ3) is 3.27. The summed E-state index contributed by atoms with van der Waals surface area (Å²) < 4.78 is 14.1. The van der Waals surface area contributed by atoms with Gasteiger partial charge in [0.2, 0.25) is 0 Å². The SMILES string of the molecule is CC[C@H]1O[C@@H](n2cnc3c(Cl)nnc(Cl)c32)[C@](C)(OC(=O)c2ccccc2)[C@@H]1C. The molecule has 1 aliphatic heterocycles. The number of hydrogen-bond donors (Lipinski definition) is 0. The number of carbonyl (C=O) groups excluding carboxylic acids is 1. The lowest BCUT2D eigenvalue weighted by molar-refractivity contribution is -0.0945. The molecule has 1 aliphatic rings. The monoisotopic (exact) mass is 434 g/mol. The van der Waals surface area contributed by atoms with Gasteiger partial charge in [-0.2, -0.15) is 0 Å². The lowest BCUT2D eigenvalue weighted by atomic mass is 9.86. The van der Waals surface area contributed by atoms with Crippen LogP contribution in [0.4, 0.5) is 0 Å². The first kappa shape index (κ1) is 20.1. The maximum Gasteiger partial charge on any atom is 0.338 e. The highest BCUT2D eigenvalue weighted by Crippen LogP contribution is 2.47. The van der Waals surface area contributed by atoms with E-state index in [0.29, 0.717) is 16.6 Å². The molecule has 0 amide bonds. The van der Waals surface area contributed by atoms with Gasteiger partial charge in [0.1, 0.15) is 11.0 Å². The van der Waals surface area contributed by atoms with Crippen molar-refractivity contribution in [1.82, 2.24) is 19.7 Å². The molecule has 1 saturated heterocycles. The second-order valence-electron chi connectivity index (χ2n) is 7.29. The van der Waals surface area contributed by atoms with Gasteiger partial charge in [-0.3, -0.25) is 4.57 Å². The lowest BCUT2D eigenvalue weighted by Gasteiger charge is -2.34. The number of hydrogen-bond acceptors (Lipinski definition) is 6. The van der Waals surface area contributed by atoms with Crippen LogP contribution in [-0.2, 0) is 9.47 Å². The van der Waals surface area contributed by atoms with E-state index in [-0.39, 0.29) is 22.3 Å². The summed E-state index contributed by atoms with van der Waals surface area (Å²) in [5.74, 6) is -0.495. The number of benzene rings is 1. The zero-order valence-electron chi connectivity index (χ0n) is 16.2. The summed E-state index contributed by atoms with van der Waals surface area (Å²) in [7, 11) is 0. The molecule has 0 aliphatic carbocycles. The van der Waals surface area contributed by atoms with Gasteiger partial charge in [-0.1, -0.05) is 55.2 Å². The van der Waals surface area contributed by atoms with Crippen molar-refractivity contribution in [3.63, 3.8) is 0 Å². The smallest absolute Gasteiger partial charge is 0.338 e. The van der Waals surface area contributed by atoms with Gasteiger partial charge in [-0.25, -0.2) is 9.78 Å². The molecule has 3 aromatic rings. The predicted octanol–water partition coefficient (Wildman–Crippen LogP) is 4.69. The predicted molar refractivity (Wildman–Crippen MR) is 109 cm³/mol. The molecule has 0 unspecified atom stereocenters. The first-order valence-corrected chi connectivity index (χ1v) is 10.1. The highest BCUT2D eigenvalue weighted by atomic mass is 35.5. The van der Waals surface area contributed by atoms with Crippen LogP contribution in [0.2, 0.25) is 10.3 Å². The second-order valence-corrected chi connectivity index (χ2v) is 8.01. The normalized spacial score (nSPS) is 26.7. The van der Waals surface area contributed by atoms with E-state index < -0.39 is 17.8 Å². The second kappa shape index (κ2) is 7.55. The highest BCUT2D eigenvalue weighted by Gasteiger charge is 2.55. The Labute approximate surface area is 177 Å². The van der Waals surface area contributed by atoms with Gasteiger partial charge in [0.15, 0.2) is 22.1 Å². The van der Waals surface area contributed by atoms with Crippen molar-refractivity contribution >= 4 is 40.2 Å². The first-order valence-electron chi connectivity index (χ1n) is 9.34. The standard InChI is InChI=1S/C20H20Cl2N4O3/c1-4-13-11(2)20(3,29-18(27)12-8-6-5-7-9-12)19(28-13)26-10-23-14-15(26)17(22)25-24-16(14)21/h5-11,13,19H,4H2,1-3H3/t11-,13-,19-,20-/m1/s1. The van der Waals surface area contributed by atoms with Crippen LogP contribution in [0.25, 0.3) is 11.0 Å². The summed E-state index contributed by atoms with van der Waals surface area (Å²) in [6, 6.07) is 8.88. The molecule has 0 N–H and O–H groups in total. The van der Waals surface area contributed by atoms with E-state index in [1.54, 1.807) is 35.2 Å². The third-order valence-corrected chi connectivity index (χ3v) is 6.15. The molecule has 0 bridgehead atoms. The van der Waals surface area contributed by atoms with Crippen LogP contribution in [-0.4, -0.2) is 37.4 Å². The van der Waals surface area contributed by atoms with Gasteiger partial charge >= 0.3 is 5.97 Å². The number of esters is 1. The maximum atomic E-state index is 12.9. The molecule has 29 heavy (non-hydrogen) atoms. The molecule has 1 aromatic carbocycles. The minimum atomic E-state index is -0.972. The molecule has 0 saturated carbocycles. The highest BCUT2D eigenvalue weighted by molar-refractivity contribution is 6.37. The van der Waals surface area contributed by atoms with Crippen molar-refractivity contribution in [3.05, 3.63) is 52.5 Å². The average molecular weight is 435 g/mol. The number of imidazole rings is 1. The summed E-state index contributed by atoms with van der Waals surface area (Å²) in [5, 5.41) is 7.97. The Bertz CT molecular complexity index is 1060. The summed E-state index contributed by atoms with van der Waals surface area (Å²) in [6.45, 7) is 5.92. The van der Waals surface area contributed by atoms with E-state index in [2.05, 4.69) is 15.2 Å². The quantitative estimate of drug-likeness (QED) is 0.553. The van der Waals surface area contributed by atoms with Crippen LogP contribution in [0.5, 0.6) is 0 Å². The summed E-state index contributed by atoms with van der Waals surface area (Å²) >= 11 is 12.4. The summed E-state index contributed by atoms with van der Waals surface area (Å²) in [4.78, 5) is 17.2.